The van der Waals surface area contributed by atoms with Crippen LogP contribution in [-0.2, 0) is 14.3 Å². The van der Waals surface area contributed by atoms with Crippen LogP contribution < -0.4 is 5.32 Å². The van der Waals surface area contributed by atoms with Crippen molar-refractivity contribution in [3.05, 3.63) is 35.9 Å². The standard InChI is InChI=1S/C17H23NO3/c1-3-5-12-18-15-9-6-14(7-10-15)8-11-16(19)13-17(20)21-4-2/h6-11,18H,3-5,12-13H2,1-2H3. The predicted octanol–water partition coefficient (Wildman–Crippen LogP) is 3.43. The van der Waals surface area contributed by atoms with Crippen LogP contribution >= 0.6 is 0 Å². The summed E-state index contributed by atoms with van der Waals surface area (Å²) in [5, 5.41) is 3.33. The van der Waals surface area contributed by atoms with Gasteiger partial charge in [0.15, 0.2) is 5.78 Å². The maximum Gasteiger partial charge on any atom is 0.313 e. The van der Waals surface area contributed by atoms with Crippen LogP contribution in [0, 0.1) is 0 Å². The molecule has 0 saturated heterocycles. The number of carbonyl (C=O) groups is 2. The summed E-state index contributed by atoms with van der Waals surface area (Å²) in [5.74, 6) is -0.735. The number of ether oxygens (including phenoxy) is 1. The fourth-order valence-corrected chi connectivity index (χ4v) is 1.72. The first-order valence-corrected chi connectivity index (χ1v) is 7.36. The van der Waals surface area contributed by atoms with Crippen LogP contribution in [0.4, 0.5) is 5.69 Å². The van der Waals surface area contributed by atoms with Gasteiger partial charge in [0.2, 0.25) is 0 Å². The van der Waals surface area contributed by atoms with E-state index in [4.69, 9.17) is 4.74 Å². The smallest absolute Gasteiger partial charge is 0.313 e. The summed E-state index contributed by atoms with van der Waals surface area (Å²) in [6.45, 7) is 5.13. The molecule has 4 heteroatoms. The van der Waals surface area contributed by atoms with Gasteiger partial charge in [-0.1, -0.05) is 31.6 Å². The number of esters is 1. The van der Waals surface area contributed by atoms with Crippen molar-refractivity contribution in [3.63, 3.8) is 0 Å². The molecule has 0 radical (unpaired) electrons. The Labute approximate surface area is 126 Å². The maximum atomic E-state index is 11.5. The lowest BCUT2D eigenvalue weighted by Gasteiger charge is -2.05. The fourth-order valence-electron chi connectivity index (χ4n) is 1.72. The molecule has 1 rings (SSSR count). The van der Waals surface area contributed by atoms with Crippen molar-refractivity contribution in [1.29, 1.82) is 0 Å². The lowest BCUT2D eigenvalue weighted by atomic mass is 10.1. The normalized spacial score (nSPS) is 10.6. The first-order chi connectivity index (χ1) is 10.2. The van der Waals surface area contributed by atoms with Gasteiger partial charge in [0.1, 0.15) is 6.42 Å². The summed E-state index contributed by atoms with van der Waals surface area (Å²) in [7, 11) is 0. The molecule has 1 N–H and O–H groups in total. The van der Waals surface area contributed by atoms with Gasteiger partial charge in [-0.05, 0) is 37.1 Å². The maximum absolute atomic E-state index is 11.5. The van der Waals surface area contributed by atoms with Crippen LogP contribution in [0.1, 0.15) is 38.7 Å². The largest absolute Gasteiger partial charge is 0.466 e. The van der Waals surface area contributed by atoms with Gasteiger partial charge >= 0.3 is 5.97 Å². The molecule has 1 aromatic rings. The highest BCUT2D eigenvalue weighted by Crippen LogP contribution is 2.11. The van der Waals surface area contributed by atoms with Crippen LogP contribution in [0.25, 0.3) is 6.08 Å². The van der Waals surface area contributed by atoms with E-state index in [1.54, 1.807) is 13.0 Å². The molecule has 0 aliphatic carbocycles. The topological polar surface area (TPSA) is 55.4 Å². The van der Waals surface area contributed by atoms with Crippen molar-refractivity contribution in [1.82, 2.24) is 0 Å². The third kappa shape index (κ3) is 7.30. The van der Waals surface area contributed by atoms with Crippen LogP contribution in [0.15, 0.2) is 30.3 Å². The fraction of sp³-hybridized carbons (Fsp3) is 0.412. The molecule has 0 spiro atoms. The molecular weight excluding hydrogens is 266 g/mol. The lowest BCUT2D eigenvalue weighted by Crippen LogP contribution is -2.09. The molecule has 0 aliphatic rings. The molecule has 0 fully saturated rings. The van der Waals surface area contributed by atoms with Crippen molar-refractivity contribution >= 4 is 23.5 Å². The highest BCUT2D eigenvalue weighted by molar-refractivity contribution is 6.03. The van der Waals surface area contributed by atoms with Gasteiger partial charge in [0.05, 0.1) is 6.61 Å². The van der Waals surface area contributed by atoms with Gasteiger partial charge < -0.3 is 10.1 Å². The molecule has 0 aliphatic heterocycles. The molecule has 114 valence electrons. The summed E-state index contributed by atoms with van der Waals surface area (Å²) in [6, 6.07) is 7.82. The molecule has 0 aromatic heterocycles. The van der Waals surface area contributed by atoms with Crippen molar-refractivity contribution in [3.8, 4) is 0 Å². The summed E-state index contributed by atoms with van der Waals surface area (Å²) in [6.07, 6.45) is 5.22. The van der Waals surface area contributed by atoms with E-state index in [0.717, 1.165) is 30.6 Å². The van der Waals surface area contributed by atoms with Crippen LogP contribution in [0.3, 0.4) is 0 Å². The number of anilines is 1. The minimum atomic E-state index is -0.484. The molecule has 21 heavy (non-hydrogen) atoms. The van der Waals surface area contributed by atoms with Gasteiger partial charge in [0.25, 0.3) is 0 Å². The Hall–Kier alpha value is -2.10. The quantitative estimate of drug-likeness (QED) is 0.327. The highest BCUT2D eigenvalue weighted by Gasteiger charge is 2.06. The zero-order chi connectivity index (χ0) is 15.5. The third-order valence-corrected chi connectivity index (χ3v) is 2.86. The summed E-state index contributed by atoms with van der Waals surface area (Å²) < 4.78 is 4.73. The second-order valence-corrected chi connectivity index (χ2v) is 4.68. The minimum Gasteiger partial charge on any atom is -0.466 e. The van der Waals surface area contributed by atoms with E-state index in [-0.39, 0.29) is 12.2 Å². The third-order valence-electron chi connectivity index (χ3n) is 2.86. The van der Waals surface area contributed by atoms with Gasteiger partial charge in [-0.25, -0.2) is 0 Å². The zero-order valence-electron chi connectivity index (χ0n) is 12.7. The zero-order valence-corrected chi connectivity index (χ0v) is 12.7. The van der Waals surface area contributed by atoms with E-state index in [1.807, 2.05) is 24.3 Å². The number of hydrogen-bond acceptors (Lipinski definition) is 4. The number of allylic oxidation sites excluding steroid dienone is 1. The van der Waals surface area contributed by atoms with E-state index in [0.29, 0.717) is 6.61 Å². The Morgan fingerprint density at radius 1 is 1.19 bits per heavy atom. The first-order valence-electron chi connectivity index (χ1n) is 7.36. The monoisotopic (exact) mass is 289 g/mol. The Kier molecular flexibility index (Phi) is 7.87. The van der Waals surface area contributed by atoms with E-state index in [1.165, 1.54) is 6.08 Å². The number of rotatable bonds is 9. The Morgan fingerprint density at radius 2 is 1.90 bits per heavy atom. The molecule has 1 aromatic carbocycles. The molecule has 0 heterocycles. The van der Waals surface area contributed by atoms with Crippen molar-refractivity contribution in [2.45, 2.75) is 33.1 Å². The van der Waals surface area contributed by atoms with Crippen molar-refractivity contribution in [2.75, 3.05) is 18.5 Å². The molecule has 0 bridgehead atoms. The number of hydrogen-bond donors (Lipinski definition) is 1. The molecule has 0 saturated carbocycles. The van der Waals surface area contributed by atoms with Crippen LogP contribution in [0.5, 0.6) is 0 Å². The number of nitrogens with one attached hydrogen (secondary N) is 1. The average molecular weight is 289 g/mol. The van der Waals surface area contributed by atoms with Crippen molar-refractivity contribution < 1.29 is 14.3 Å². The molecule has 0 unspecified atom stereocenters. The number of benzene rings is 1. The first kappa shape index (κ1) is 17.0. The van der Waals surface area contributed by atoms with Gasteiger partial charge in [-0.3, -0.25) is 9.59 Å². The Morgan fingerprint density at radius 3 is 2.52 bits per heavy atom. The second kappa shape index (κ2) is 9.75. The summed E-state index contributed by atoms with van der Waals surface area (Å²) in [5.41, 5.74) is 1.99. The lowest BCUT2D eigenvalue weighted by molar-refractivity contribution is -0.144. The number of carbonyl (C=O) groups excluding carboxylic acids is 2. The molecule has 0 atom stereocenters. The van der Waals surface area contributed by atoms with Crippen LogP contribution in [-0.4, -0.2) is 24.9 Å². The number of unbranched alkanes of at least 4 members (excludes halogenated alkanes) is 1. The second-order valence-electron chi connectivity index (χ2n) is 4.68. The van der Waals surface area contributed by atoms with Crippen molar-refractivity contribution in [2.24, 2.45) is 0 Å². The summed E-state index contributed by atoms with van der Waals surface area (Å²) in [4.78, 5) is 22.7. The molecular formula is C17H23NO3. The average Bonchev–Trinajstić information content (AvgIpc) is 2.47. The van der Waals surface area contributed by atoms with Gasteiger partial charge in [-0.2, -0.15) is 0 Å². The number of ketones is 1. The van der Waals surface area contributed by atoms with E-state index in [2.05, 4.69) is 12.2 Å². The summed E-state index contributed by atoms with van der Waals surface area (Å²) >= 11 is 0. The predicted molar refractivity (Wildman–Crippen MR) is 85.1 cm³/mol. The SMILES string of the molecule is CCCCNc1ccc(C=CC(=O)CC(=O)OCC)cc1. The van der Waals surface area contributed by atoms with Gasteiger partial charge in [-0.15, -0.1) is 0 Å². The Bertz CT molecular complexity index is 477. The minimum absolute atomic E-state index is 0.207. The molecule has 4 nitrogen and oxygen atoms in total. The Balaban J connectivity index is 2.45. The van der Waals surface area contributed by atoms with Crippen LogP contribution in [0.2, 0.25) is 0 Å². The van der Waals surface area contributed by atoms with Gasteiger partial charge in [0, 0.05) is 12.2 Å². The highest BCUT2D eigenvalue weighted by atomic mass is 16.5. The van der Waals surface area contributed by atoms with E-state index >= 15 is 0 Å². The van der Waals surface area contributed by atoms with E-state index in [9.17, 15) is 9.59 Å². The van der Waals surface area contributed by atoms with E-state index < -0.39 is 5.97 Å². The molecule has 0 amide bonds.